The van der Waals surface area contributed by atoms with Gasteiger partial charge in [-0.2, -0.15) is 0 Å². The number of hydrogen-bond donors (Lipinski definition) is 1. The summed E-state index contributed by atoms with van der Waals surface area (Å²) in [5.41, 5.74) is 0.957. The number of nitro groups is 2. The van der Waals surface area contributed by atoms with Crippen molar-refractivity contribution in [2.75, 3.05) is 0 Å². The van der Waals surface area contributed by atoms with Crippen molar-refractivity contribution in [3.63, 3.8) is 0 Å². The van der Waals surface area contributed by atoms with Gasteiger partial charge in [0.1, 0.15) is 17.3 Å². The summed E-state index contributed by atoms with van der Waals surface area (Å²) in [6, 6.07) is 10.4. The molecule has 0 radical (unpaired) electrons. The SMILES string of the molecule is F[P-](F)(F)(F)(F)F.O=[N+]([O-])c1ccc(C[SH+]Cc2ccc(O)cc2)c([N+](=O)[O-])c1. The summed E-state index contributed by atoms with van der Waals surface area (Å²) in [6.45, 7) is 0. The van der Waals surface area contributed by atoms with Gasteiger partial charge in [-0.25, -0.2) is 0 Å². The molecule has 0 atom stereocenters. The maximum absolute atomic E-state index is 11.0. The first kappa shape index (κ1) is 24.4. The van der Waals surface area contributed by atoms with E-state index in [1.807, 2.05) is 0 Å². The van der Waals surface area contributed by atoms with E-state index >= 15 is 0 Å². The fourth-order valence-electron chi connectivity index (χ4n) is 1.88. The van der Waals surface area contributed by atoms with E-state index in [1.54, 1.807) is 24.3 Å². The van der Waals surface area contributed by atoms with Crippen molar-refractivity contribution in [3.8, 4) is 5.75 Å². The predicted molar refractivity (Wildman–Crippen MR) is 97.6 cm³/mol. The van der Waals surface area contributed by atoms with Crippen LogP contribution in [0.5, 0.6) is 5.75 Å². The summed E-state index contributed by atoms with van der Waals surface area (Å²) in [7, 11) is -10.7. The molecule has 0 aliphatic heterocycles. The number of nitro benzene ring substituents is 2. The van der Waals surface area contributed by atoms with E-state index in [9.17, 15) is 50.5 Å². The third-order valence-corrected chi connectivity index (χ3v) is 4.14. The van der Waals surface area contributed by atoms with E-state index in [1.165, 1.54) is 12.1 Å². The molecule has 0 bridgehead atoms. The zero-order valence-corrected chi connectivity index (χ0v) is 15.9. The van der Waals surface area contributed by atoms with Gasteiger partial charge in [0.15, 0.2) is 0 Å². The van der Waals surface area contributed by atoms with E-state index in [0.717, 1.165) is 23.4 Å². The van der Waals surface area contributed by atoms with Gasteiger partial charge in [-0.05, 0) is 30.0 Å². The van der Waals surface area contributed by atoms with Crippen LogP contribution < -0.4 is 0 Å². The molecule has 29 heavy (non-hydrogen) atoms. The van der Waals surface area contributed by atoms with E-state index < -0.39 is 17.7 Å². The number of rotatable bonds is 6. The maximum atomic E-state index is 11.0. The standard InChI is InChI=1S/C14H12N2O5S.F6P/c17-13-5-1-10(2-6-13)8-22-9-11-3-4-12(15(18)19)7-14(11)16(20)21;1-7(2,3,4,5)6/h1-7,17H,8-9H2;/q;-1/p+1. The average molecular weight is 466 g/mol. The summed E-state index contributed by atoms with van der Waals surface area (Å²) < 4.78 is 59.2. The average Bonchev–Trinajstić information content (AvgIpc) is 2.53. The Morgan fingerprint density at radius 2 is 1.38 bits per heavy atom. The quantitative estimate of drug-likeness (QED) is 0.138. The van der Waals surface area contributed by atoms with Crippen molar-refractivity contribution in [3.05, 3.63) is 73.8 Å². The smallest absolute Gasteiger partial charge is 0.284 e. The van der Waals surface area contributed by atoms with Gasteiger partial charge in [0.05, 0.1) is 21.5 Å². The molecular formula is C14H13F6N2O5PS. The Morgan fingerprint density at radius 3 is 1.83 bits per heavy atom. The van der Waals surface area contributed by atoms with Gasteiger partial charge < -0.3 is 5.11 Å². The zero-order chi connectivity index (χ0) is 22.5. The molecule has 0 fully saturated rings. The minimum atomic E-state index is -10.7. The molecule has 1 N–H and O–H groups in total. The Kier molecular flexibility index (Phi) is 6.77. The first-order valence-electron chi connectivity index (χ1n) is 7.31. The van der Waals surface area contributed by atoms with E-state index in [0.29, 0.717) is 17.1 Å². The molecule has 0 aliphatic rings. The minimum Gasteiger partial charge on any atom is -0.508 e. The molecule has 0 spiro atoms. The minimum absolute atomic E-state index is 0.187. The van der Waals surface area contributed by atoms with Crippen LogP contribution in [0.4, 0.5) is 36.6 Å². The first-order chi connectivity index (χ1) is 12.9. The molecule has 15 heteroatoms. The fraction of sp³-hybridized carbons (Fsp3) is 0.143. The Labute approximate surface area is 162 Å². The van der Waals surface area contributed by atoms with Crippen LogP contribution in [0.1, 0.15) is 11.1 Å². The number of nitrogens with zero attached hydrogens (tertiary/aromatic N) is 2. The third-order valence-electron chi connectivity index (χ3n) is 2.99. The van der Waals surface area contributed by atoms with Crippen molar-refractivity contribution in [2.45, 2.75) is 11.5 Å². The number of benzene rings is 2. The molecule has 2 aromatic carbocycles. The Morgan fingerprint density at radius 1 is 0.862 bits per heavy atom. The van der Waals surface area contributed by atoms with Crippen LogP contribution >= 0.6 is 7.81 Å². The van der Waals surface area contributed by atoms with Crippen molar-refractivity contribution < 1.29 is 40.1 Å². The van der Waals surface area contributed by atoms with Gasteiger partial charge in [-0.15, -0.1) is 0 Å². The molecular weight excluding hydrogens is 453 g/mol. The molecule has 0 amide bonds. The number of hydrogen-bond acceptors (Lipinski definition) is 5. The Bertz CT molecular complexity index is 898. The number of phenolic OH excluding ortho intramolecular Hbond substituents is 1. The van der Waals surface area contributed by atoms with Gasteiger partial charge in [0, 0.05) is 11.6 Å². The molecule has 0 saturated heterocycles. The Hall–Kier alpha value is -2.60. The van der Waals surface area contributed by atoms with Gasteiger partial charge in [0.25, 0.3) is 11.4 Å². The summed E-state index contributed by atoms with van der Waals surface area (Å²) in [5.74, 6) is 1.29. The largest absolute Gasteiger partial charge is 0.508 e. The van der Waals surface area contributed by atoms with Crippen molar-refractivity contribution in [2.24, 2.45) is 0 Å². The third kappa shape index (κ3) is 11.8. The molecule has 2 rings (SSSR count). The monoisotopic (exact) mass is 466 g/mol. The van der Waals surface area contributed by atoms with Crippen LogP contribution in [0.3, 0.4) is 0 Å². The molecule has 0 aromatic heterocycles. The number of thiol groups is 1. The summed E-state index contributed by atoms with van der Waals surface area (Å²) >= 11 is 0.932. The predicted octanol–water partition coefficient (Wildman–Crippen LogP) is 6.11. The van der Waals surface area contributed by atoms with Crippen molar-refractivity contribution in [1.29, 1.82) is 0 Å². The van der Waals surface area contributed by atoms with Crippen LogP contribution in [-0.4, -0.2) is 15.0 Å². The first-order valence-corrected chi connectivity index (χ1v) is 10.6. The normalized spacial score (nSPS) is 13.4. The van der Waals surface area contributed by atoms with Crippen LogP contribution in [-0.2, 0) is 23.3 Å². The van der Waals surface area contributed by atoms with Crippen LogP contribution in [0, 0.1) is 20.2 Å². The maximum Gasteiger partial charge on any atom is 0.284 e. The molecule has 7 nitrogen and oxygen atoms in total. The van der Waals surface area contributed by atoms with Gasteiger partial charge in [0.2, 0.25) is 0 Å². The van der Waals surface area contributed by atoms with Gasteiger partial charge in [-0.3, -0.25) is 20.2 Å². The molecule has 2 aromatic rings. The second-order valence-electron chi connectivity index (χ2n) is 5.49. The van der Waals surface area contributed by atoms with Crippen molar-refractivity contribution in [1.82, 2.24) is 0 Å². The Balaban J connectivity index is 0.000000516. The second kappa shape index (κ2) is 8.03. The van der Waals surface area contributed by atoms with Gasteiger partial charge in [-0.1, -0.05) is 12.1 Å². The van der Waals surface area contributed by atoms with Gasteiger partial charge >= 0.3 is 33.0 Å². The number of phenols is 1. The fourth-order valence-corrected chi connectivity index (χ4v) is 2.97. The topological polar surface area (TPSA) is 107 Å². The second-order valence-corrected chi connectivity index (χ2v) is 8.49. The van der Waals surface area contributed by atoms with Crippen molar-refractivity contribution >= 4 is 30.9 Å². The molecule has 0 heterocycles. The zero-order valence-electron chi connectivity index (χ0n) is 14.1. The number of aromatic hydroxyl groups is 1. The number of non-ortho nitro benzene ring substituents is 1. The van der Waals surface area contributed by atoms with E-state index in [-0.39, 0.29) is 17.1 Å². The van der Waals surface area contributed by atoms with Crippen LogP contribution in [0.15, 0.2) is 42.5 Å². The molecule has 0 unspecified atom stereocenters. The summed E-state index contributed by atoms with van der Waals surface area (Å²) in [4.78, 5) is 20.4. The van der Waals surface area contributed by atoms with Crippen LogP contribution in [0.25, 0.3) is 0 Å². The molecule has 0 aliphatic carbocycles. The van der Waals surface area contributed by atoms with Crippen LogP contribution in [0.2, 0.25) is 0 Å². The number of halogens is 6. The summed E-state index contributed by atoms with van der Waals surface area (Å²) in [5, 5.41) is 30.9. The molecule has 0 saturated carbocycles. The summed E-state index contributed by atoms with van der Waals surface area (Å²) in [6.07, 6.45) is 0. The van der Waals surface area contributed by atoms with E-state index in [4.69, 9.17) is 0 Å². The van der Waals surface area contributed by atoms with E-state index in [2.05, 4.69) is 0 Å². The molecule has 162 valence electrons.